The third-order valence-electron chi connectivity index (χ3n) is 2.49. The molecule has 0 unspecified atom stereocenters. The molecule has 6 nitrogen and oxygen atoms in total. The molecule has 1 aromatic rings. The third kappa shape index (κ3) is 7.31. The molecule has 21 heavy (non-hydrogen) atoms. The molecule has 0 aromatic heterocycles. The highest BCUT2D eigenvalue weighted by Gasteiger charge is 2.20. The highest BCUT2D eigenvalue weighted by Crippen LogP contribution is 2.00. The van der Waals surface area contributed by atoms with E-state index in [9.17, 15) is 9.59 Å². The van der Waals surface area contributed by atoms with Crippen LogP contribution in [0.3, 0.4) is 0 Å². The average molecular weight is 293 g/mol. The van der Waals surface area contributed by atoms with E-state index in [1.807, 2.05) is 51.1 Å². The van der Waals surface area contributed by atoms with Gasteiger partial charge in [-0.15, -0.1) is 0 Å². The topological polar surface area (TPSA) is 79.5 Å². The normalized spacial score (nSPS) is 12.4. The second kappa shape index (κ2) is 7.64. The summed E-state index contributed by atoms with van der Waals surface area (Å²) in [7, 11) is 0. The monoisotopic (exact) mass is 293 g/mol. The Balaban J connectivity index is 2.28. The van der Waals surface area contributed by atoms with Gasteiger partial charge in [-0.3, -0.25) is 9.63 Å². The second-order valence-electron chi connectivity index (χ2n) is 5.81. The summed E-state index contributed by atoms with van der Waals surface area (Å²) in [6, 6.07) is 8.25. The lowest BCUT2D eigenvalue weighted by Crippen LogP contribution is -2.52. The smallest absolute Gasteiger partial charge is 0.339 e. The van der Waals surface area contributed by atoms with Crippen molar-refractivity contribution >= 4 is 11.9 Å². The van der Waals surface area contributed by atoms with E-state index in [1.165, 1.54) is 0 Å². The number of amides is 3. The van der Waals surface area contributed by atoms with Crippen LogP contribution >= 0.6 is 0 Å². The van der Waals surface area contributed by atoms with Crippen LogP contribution in [-0.4, -0.2) is 23.5 Å². The molecule has 6 heteroatoms. The summed E-state index contributed by atoms with van der Waals surface area (Å²) in [6.45, 7) is 7.50. The minimum Gasteiger partial charge on any atom is -0.350 e. The minimum absolute atomic E-state index is 0.249. The first-order valence-corrected chi connectivity index (χ1v) is 6.82. The molecule has 0 radical (unpaired) electrons. The van der Waals surface area contributed by atoms with Crippen molar-refractivity contribution in [1.29, 1.82) is 0 Å². The molecule has 0 spiro atoms. The van der Waals surface area contributed by atoms with Gasteiger partial charge >= 0.3 is 6.03 Å². The molecule has 116 valence electrons. The summed E-state index contributed by atoms with van der Waals surface area (Å²) in [6.07, 6.45) is 0. The van der Waals surface area contributed by atoms with E-state index in [2.05, 4.69) is 16.1 Å². The fourth-order valence-electron chi connectivity index (χ4n) is 1.53. The summed E-state index contributed by atoms with van der Waals surface area (Å²) < 4.78 is 0. The number of hydrogen-bond donors (Lipinski definition) is 3. The molecule has 0 aliphatic carbocycles. The molecule has 3 amide bonds. The first kappa shape index (κ1) is 17.0. The van der Waals surface area contributed by atoms with Crippen molar-refractivity contribution in [2.24, 2.45) is 0 Å². The number of urea groups is 1. The van der Waals surface area contributed by atoms with Crippen molar-refractivity contribution < 1.29 is 14.4 Å². The maximum Gasteiger partial charge on any atom is 0.339 e. The van der Waals surface area contributed by atoms with Gasteiger partial charge in [0.15, 0.2) is 0 Å². The Morgan fingerprint density at radius 3 is 2.38 bits per heavy atom. The van der Waals surface area contributed by atoms with Crippen molar-refractivity contribution in [3.63, 3.8) is 0 Å². The van der Waals surface area contributed by atoms with Crippen LogP contribution in [-0.2, 0) is 16.2 Å². The molecular weight excluding hydrogens is 270 g/mol. The van der Waals surface area contributed by atoms with Crippen molar-refractivity contribution in [3.05, 3.63) is 35.9 Å². The van der Waals surface area contributed by atoms with Crippen LogP contribution in [0.15, 0.2) is 30.3 Å². The average Bonchev–Trinajstić information content (AvgIpc) is 2.37. The van der Waals surface area contributed by atoms with Crippen LogP contribution in [0.1, 0.15) is 33.3 Å². The van der Waals surface area contributed by atoms with E-state index in [1.54, 1.807) is 6.92 Å². The molecule has 1 aromatic carbocycles. The highest BCUT2D eigenvalue weighted by molar-refractivity contribution is 5.86. The number of carbonyl (C=O) groups is 2. The molecule has 0 saturated heterocycles. The van der Waals surface area contributed by atoms with Gasteiger partial charge in [-0.05, 0) is 33.3 Å². The number of carbonyl (C=O) groups excluding carboxylic acids is 2. The SMILES string of the molecule is C[C@H](NC(=O)NOCc1ccccc1)C(=O)NC(C)(C)C. The van der Waals surface area contributed by atoms with E-state index in [-0.39, 0.29) is 18.1 Å². The Labute approximate surface area is 125 Å². The van der Waals surface area contributed by atoms with Crippen molar-refractivity contribution in [2.75, 3.05) is 0 Å². The molecule has 0 aliphatic heterocycles. The zero-order valence-electron chi connectivity index (χ0n) is 12.9. The van der Waals surface area contributed by atoms with Crippen LogP contribution in [0.4, 0.5) is 4.79 Å². The molecule has 0 saturated carbocycles. The summed E-state index contributed by atoms with van der Waals surface area (Å²) in [5, 5.41) is 5.29. The number of rotatable bonds is 5. The molecule has 0 fully saturated rings. The van der Waals surface area contributed by atoms with Crippen LogP contribution in [0.5, 0.6) is 0 Å². The largest absolute Gasteiger partial charge is 0.350 e. The van der Waals surface area contributed by atoms with Crippen molar-refractivity contribution in [2.45, 2.75) is 45.9 Å². The van der Waals surface area contributed by atoms with Gasteiger partial charge in [0.25, 0.3) is 0 Å². The van der Waals surface area contributed by atoms with Crippen LogP contribution in [0.25, 0.3) is 0 Å². The summed E-state index contributed by atoms with van der Waals surface area (Å²) in [5.41, 5.74) is 2.85. The van der Waals surface area contributed by atoms with Crippen LogP contribution in [0.2, 0.25) is 0 Å². The molecule has 1 rings (SSSR count). The second-order valence-corrected chi connectivity index (χ2v) is 5.81. The fourth-order valence-corrected chi connectivity index (χ4v) is 1.53. The molecule has 0 bridgehead atoms. The van der Waals surface area contributed by atoms with Crippen molar-refractivity contribution in [3.8, 4) is 0 Å². The molecule has 3 N–H and O–H groups in total. The number of hydroxylamine groups is 1. The molecule has 0 heterocycles. The van der Waals surface area contributed by atoms with E-state index >= 15 is 0 Å². The van der Waals surface area contributed by atoms with Gasteiger partial charge < -0.3 is 10.6 Å². The Morgan fingerprint density at radius 2 is 1.81 bits per heavy atom. The van der Waals surface area contributed by atoms with E-state index in [0.29, 0.717) is 0 Å². The maximum atomic E-state index is 11.8. The lowest BCUT2D eigenvalue weighted by atomic mass is 10.1. The van der Waals surface area contributed by atoms with Gasteiger partial charge in [0.2, 0.25) is 5.91 Å². The molecule has 0 aliphatic rings. The van der Waals surface area contributed by atoms with Gasteiger partial charge in [0.05, 0.1) is 6.61 Å². The van der Waals surface area contributed by atoms with Crippen LogP contribution < -0.4 is 16.1 Å². The predicted molar refractivity (Wildman–Crippen MR) is 80.3 cm³/mol. The lowest BCUT2D eigenvalue weighted by Gasteiger charge is -2.23. The summed E-state index contributed by atoms with van der Waals surface area (Å²) in [4.78, 5) is 28.5. The minimum atomic E-state index is -0.649. The highest BCUT2D eigenvalue weighted by atomic mass is 16.7. The standard InChI is InChI=1S/C15H23N3O3/c1-11(13(19)17-15(2,3)4)16-14(20)18-21-10-12-8-6-5-7-9-12/h5-9,11H,10H2,1-4H3,(H,17,19)(H2,16,18,20)/t11-/m0/s1. The molecular formula is C15H23N3O3. The predicted octanol–water partition coefficient (Wildman–Crippen LogP) is 1.72. The van der Waals surface area contributed by atoms with E-state index < -0.39 is 12.1 Å². The van der Waals surface area contributed by atoms with Gasteiger partial charge in [-0.1, -0.05) is 30.3 Å². The quantitative estimate of drug-likeness (QED) is 0.723. The summed E-state index contributed by atoms with van der Waals surface area (Å²) in [5.74, 6) is -0.249. The van der Waals surface area contributed by atoms with Gasteiger partial charge in [-0.25, -0.2) is 10.3 Å². The Morgan fingerprint density at radius 1 is 1.19 bits per heavy atom. The third-order valence-corrected chi connectivity index (χ3v) is 2.49. The Bertz CT molecular complexity index is 469. The van der Waals surface area contributed by atoms with Gasteiger partial charge in [0, 0.05) is 5.54 Å². The lowest BCUT2D eigenvalue weighted by molar-refractivity contribution is -0.124. The fraction of sp³-hybridized carbons (Fsp3) is 0.467. The first-order chi connectivity index (χ1) is 9.78. The van der Waals surface area contributed by atoms with Crippen molar-refractivity contribution in [1.82, 2.24) is 16.1 Å². The zero-order chi connectivity index (χ0) is 15.9. The number of nitrogens with one attached hydrogen (secondary N) is 3. The Kier molecular flexibility index (Phi) is 6.17. The molecule has 1 atom stereocenters. The summed E-state index contributed by atoms with van der Waals surface area (Å²) >= 11 is 0. The maximum absolute atomic E-state index is 11.8. The van der Waals surface area contributed by atoms with Gasteiger partial charge in [-0.2, -0.15) is 0 Å². The zero-order valence-corrected chi connectivity index (χ0v) is 12.9. The van der Waals surface area contributed by atoms with E-state index in [0.717, 1.165) is 5.56 Å². The number of hydrogen-bond acceptors (Lipinski definition) is 3. The first-order valence-electron chi connectivity index (χ1n) is 6.82. The number of benzene rings is 1. The van der Waals surface area contributed by atoms with Gasteiger partial charge in [0.1, 0.15) is 6.04 Å². The van der Waals surface area contributed by atoms with E-state index in [4.69, 9.17) is 4.84 Å². The Hall–Kier alpha value is -2.08. The van der Waals surface area contributed by atoms with Crippen LogP contribution in [0, 0.1) is 0 Å².